The molecule has 1 heterocycles. The summed E-state index contributed by atoms with van der Waals surface area (Å²) in [6, 6.07) is 13.8. The molecular formula is C20H21N5O3. The van der Waals surface area contributed by atoms with Gasteiger partial charge in [-0.3, -0.25) is 9.69 Å². The zero-order valence-corrected chi connectivity index (χ0v) is 15.2. The minimum absolute atomic E-state index is 0.161. The highest BCUT2D eigenvalue weighted by Crippen LogP contribution is 2.21. The van der Waals surface area contributed by atoms with E-state index in [1.54, 1.807) is 53.4 Å². The van der Waals surface area contributed by atoms with E-state index < -0.39 is 0 Å². The Morgan fingerprint density at radius 1 is 1.00 bits per heavy atom. The van der Waals surface area contributed by atoms with Crippen LogP contribution in [0.5, 0.6) is 0 Å². The second-order valence-electron chi connectivity index (χ2n) is 6.84. The van der Waals surface area contributed by atoms with Crippen molar-refractivity contribution in [3.8, 4) is 0 Å². The number of nitrogens with one attached hydrogen (secondary N) is 4. The standard InChI is InChI=1S/C20H21N5O3/c26-18(13-2-1-3-17(12-13)25-11-10-21-20(25)28)22-14-4-6-15(7-5-14)23-19(27)24-16-8-9-16/h1-7,12,16H,8-11H2,(H,21,28)(H,22,26)(H2,23,24,27). The van der Waals surface area contributed by atoms with Crippen molar-refractivity contribution in [3.05, 3.63) is 54.1 Å². The molecule has 1 saturated carbocycles. The van der Waals surface area contributed by atoms with Crippen molar-refractivity contribution in [2.24, 2.45) is 0 Å². The largest absolute Gasteiger partial charge is 0.336 e. The van der Waals surface area contributed by atoms with Crippen LogP contribution in [0, 0.1) is 0 Å². The smallest absolute Gasteiger partial charge is 0.321 e. The molecular weight excluding hydrogens is 358 g/mol. The Kier molecular flexibility index (Phi) is 4.84. The Bertz CT molecular complexity index is 908. The number of carbonyl (C=O) groups excluding carboxylic acids is 3. The Hall–Kier alpha value is -3.55. The number of urea groups is 2. The van der Waals surface area contributed by atoms with Gasteiger partial charge in [-0.2, -0.15) is 0 Å². The minimum Gasteiger partial charge on any atom is -0.336 e. The SMILES string of the molecule is O=C(Nc1ccc(NC(=O)c2cccc(N3CCNC3=O)c2)cc1)NC1CC1. The number of carbonyl (C=O) groups is 3. The number of amides is 5. The summed E-state index contributed by atoms with van der Waals surface area (Å²) in [5.41, 5.74) is 2.41. The van der Waals surface area contributed by atoms with Crippen LogP contribution in [0.1, 0.15) is 23.2 Å². The summed E-state index contributed by atoms with van der Waals surface area (Å²) in [5.74, 6) is -0.270. The quantitative estimate of drug-likeness (QED) is 0.642. The first-order valence-electron chi connectivity index (χ1n) is 9.23. The highest BCUT2D eigenvalue weighted by Gasteiger charge is 2.23. The van der Waals surface area contributed by atoms with E-state index >= 15 is 0 Å². The van der Waals surface area contributed by atoms with E-state index in [-0.39, 0.29) is 18.0 Å². The van der Waals surface area contributed by atoms with Crippen molar-refractivity contribution in [2.45, 2.75) is 18.9 Å². The van der Waals surface area contributed by atoms with Crippen LogP contribution >= 0.6 is 0 Å². The van der Waals surface area contributed by atoms with Crippen molar-refractivity contribution in [3.63, 3.8) is 0 Å². The lowest BCUT2D eigenvalue weighted by atomic mass is 10.1. The van der Waals surface area contributed by atoms with E-state index in [0.29, 0.717) is 41.8 Å². The number of rotatable bonds is 5. The maximum atomic E-state index is 12.5. The number of nitrogens with zero attached hydrogens (tertiary/aromatic N) is 1. The second kappa shape index (κ2) is 7.59. The molecule has 144 valence electrons. The van der Waals surface area contributed by atoms with E-state index in [2.05, 4.69) is 21.3 Å². The fourth-order valence-electron chi connectivity index (χ4n) is 2.95. The molecule has 1 saturated heterocycles. The molecule has 0 aromatic heterocycles. The molecule has 8 heteroatoms. The first-order chi connectivity index (χ1) is 13.6. The average molecular weight is 379 g/mol. The monoisotopic (exact) mass is 379 g/mol. The predicted octanol–water partition coefficient (Wildman–Crippen LogP) is 2.75. The first kappa shape index (κ1) is 17.8. The summed E-state index contributed by atoms with van der Waals surface area (Å²) in [4.78, 5) is 37.7. The van der Waals surface area contributed by atoms with Gasteiger partial charge in [-0.25, -0.2) is 9.59 Å². The van der Waals surface area contributed by atoms with Crippen LogP contribution in [0.15, 0.2) is 48.5 Å². The van der Waals surface area contributed by atoms with E-state index in [1.807, 2.05) is 0 Å². The average Bonchev–Trinajstić information content (AvgIpc) is 3.40. The third kappa shape index (κ3) is 4.22. The van der Waals surface area contributed by atoms with Gasteiger partial charge in [0.15, 0.2) is 0 Å². The van der Waals surface area contributed by atoms with Crippen LogP contribution in [0.2, 0.25) is 0 Å². The van der Waals surface area contributed by atoms with E-state index in [4.69, 9.17) is 0 Å². The van der Waals surface area contributed by atoms with Gasteiger partial charge in [0, 0.05) is 41.8 Å². The van der Waals surface area contributed by atoms with Crippen molar-refractivity contribution >= 4 is 35.0 Å². The van der Waals surface area contributed by atoms with Gasteiger partial charge in [0.1, 0.15) is 0 Å². The van der Waals surface area contributed by atoms with Gasteiger partial charge in [0.25, 0.3) is 5.91 Å². The molecule has 5 amide bonds. The molecule has 0 atom stereocenters. The second-order valence-corrected chi connectivity index (χ2v) is 6.84. The van der Waals surface area contributed by atoms with Crippen molar-refractivity contribution in [1.82, 2.24) is 10.6 Å². The summed E-state index contributed by atoms with van der Waals surface area (Å²) < 4.78 is 0. The molecule has 0 radical (unpaired) electrons. The molecule has 2 aromatic rings. The predicted molar refractivity (Wildman–Crippen MR) is 107 cm³/mol. The number of anilines is 3. The molecule has 2 fully saturated rings. The van der Waals surface area contributed by atoms with Crippen LogP contribution in [0.25, 0.3) is 0 Å². The van der Waals surface area contributed by atoms with Gasteiger partial charge in [-0.15, -0.1) is 0 Å². The molecule has 8 nitrogen and oxygen atoms in total. The molecule has 4 N–H and O–H groups in total. The lowest BCUT2D eigenvalue weighted by Gasteiger charge is -2.15. The minimum atomic E-state index is -0.270. The summed E-state index contributed by atoms with van der Waals surface area (Å²) in [6.45, 7) is 1.17. The van der Waals surface area contributed by atoms with Crippen molar-refractivity contribution < 1.29 is 14.4 Å². The highest BCUT2D eigenvalue weighted by molar-refractivity contribution is 6.05. The number of benzene rings is 2. The molecule has 28 heavy (non-hydrogen) atoms. The van der Waals surface area contributed by atoms with Gasteiger partial charge >= 0.3 is 12.1 Å². The zero-order valence-electron chi connectivity index (χ0n) is 15.2. The molecule has 1 aliphatic heterocycles. The maximum absolute atomic E-state index is 12.5. The van der Waals surface area contributed by atoms with Gasteiger partial charge in [0.05, 0.1) is 0 Å². The van der Waals surface area contributed by atoms with Gasteiger partial charge in [0.2, 0.25) is 0 Å². The molecule has 0 bridgehead atoms. The molecule has 0 spiro atoms. The fourth-order valence-corrected chi connectivity index (χ4v) is 2.95. The lowest BCUT2D eigenvalue weighted by molar-refractivity contribution is 0.102. The van der Waals surface area contributed by atoms with Crippen LogP contribution in [-0.4, -0.2) is 37.1 Å². The lowest BCUT2D eigenvalue weighted by Crippen LogP contribution is -2.30. The summed E-state index contributed by atoms with van der Waals surface area (Å²) in [6.07, 6.45) is 2.06. The number of hydrogen-bond donors (Lipinski definition) is 4. The van der Waals surface area contributed by atoms with E-state index in [0.717, 1.165) is 12.8 Å². The molecule has 4 rings (SSSR count). The van der Waals surface area contributed by atoms with Crippen LogP contribution < -0.4 is 26.2 Å². The third-order valence-corrected chi connectivity index (χ3v) is 4.59. The highest BCUT2D eigenvalue weighted by atomic mass is 16.2. The Labute approximate surface area is 162 Å². The summed E-state index contributed by atoms with van der Waals surface area (Å²) in [7, 11) is 0. The third-order valence-electron chi connectivity index (χ3n) is 4.59. The normalized spacial score (nSPS) is 15.7. The zero-order chi connectivity index (χ0) is 19.5. The molecule has 0 unspecified atom stereocenters. The van der Waals surface area contributed by atoms with Crippen LogP contribution in [0.4, 0.5) is 26.7 Å². The van der Waals surface area contributed by atoms with Gasteiger partial charge < -0.3 is 21.3 Å². The molecule has 2 aliphatic rings. The van der Waals surface area contributed by atoms with Crippen molar-refractivity contribution in [1.29, 1.82) is 0 Å². The Morgan fingerprint density at radius 3 is 2.36 bits per heavy atom. The molecule has 2 aromatic carbocycles. The van der Waals surface area contributed by atoms with Crippen LogP contribution in [-0.2, 0) is 0 Å². The van der Waals surface area contributed by atoms with E-state index in [9.17, 15) is 14.4 Å². The van der Waals surface area contributed by atoms with Crippen molar-refractivity contribution in [2.75, 3.05) is 28.6 Å². The van der Waals surface area contributed by atoms with E-state index in [1.165, 1.54) is 0 Å². The fraction of sp³-hybridized carbons (Fsp3) is 0.250. The van der Waals surface area contributed by atoms with Gasteiger partial charge in [-0.1, -0.05) is 6.07 Å². The summed E-state index contributed by atoms with van der Waals surface area (Å²) >= 11 is 0. The van der Waals surface area contributed by atoms with Crippen LogP contribution in [0.3, 0.4) is 0 Å². The Balaban J connectivity index is 1.38. The molecule has 1 aliphatic carbocycles. The topological polar surface area (TPSA) is 103 Å². The summed E-state index contributed by atoms with van der Waals surface area (Å²) in [5, 5.41) is 11.2. The Morgan fingerprint density at radius 2 is 1.71 bits per heavy atom. The first-order valence-corrected chi connectivity index (χ1v) is 9.23. The maximum Gasteiger partial charge on any atom is 0.321 e. The van der Waals surface area contributed by atoms with Gasteiger partial charge in [-0.05, 0) is 55.3 Å². The number of hydrogen-bond acceptors (Lipinski definition) is 3.